The zero-order valence-corrected chi connectivity index (χ0v) is 9.48. The van der Waals surface area contributed by atoms with Crippen LogP contribution in [0.4, 0.5) is 0 Å². The summed E-state index contributed by atoms with van der Waals surface area (Å²) in [5.41, 5.74) is 0. The Balaban J connectivity index is 1.70. The van der Waals surface area contributed by atoms with E-state index in [4.69, 9.17) is 0 Å². The molecule has 0 aromatic carbocycles. The number of aromatic nitrogens is 4. The second-order valence-electron chi connectivity index (χ2n) is 4.49. The highest BCUT2D eigenvalue weighted by Gasteiger charge is 2.22. The van der Waals surface area contributed by atoms with E-state index in [-0.39, 0.29) is 0 Å². The van der Waals surface area contributed by atoms with Gasteiger partial charge >= 0.3 is 0 Å². The normalized spacial score (nSPS) is 26.0. The minimum Gasteiger partial charge on any atom is -0.309 e. The molecule has 15 heavy (non-hydrogen) atoms. The van der Waals surface area contributed by atoms with Gasteiger partial charge in [-0.1, -0.05) is 19.8 Å². The van der Waals surface area contributed by atoms with E-state index in [1.165, 1.54) is 24.1 Å². The maximum absolute atomic E-state index is 4.13. The molecule has 1 saturated carbocycles. The molecule has 1 aliphatic carbocycles. The lowest BCUT2D eigenvalue weighted by Crippen LogP contribution is -2.24. The second-order valence-corrected chi connectivity index (χ2v) is 4.49. The summed E-state index contributed by atoms with van der Waals surface area (Å²) in [5, 5.41) is 15.3. The van der Waals surface area contributed by atoms with Crippen LogP contribution in [0.5, 0.6) is 0 Å². The van der Waals surface area contributed by atoms with Gasteiger partial charge in [-0.15, -0.1) is 10.2 Å². The Morgan fingerprint density at radius 1 is 1.47 bits per heavy atom. The van der Waals surface area contributed by atoms with E-state index >= 15 is 0 Å². The minimum atomic E-state index is 0.733. The van der Waals surface area contributed by atoms with Crippen LogP contribution in [0.3, 0.4) is 0 Å². The Labute approximate surface area is 90.2 Å². The first kappa shape index (κ1) is 10.5. The van der Waals surface area contributed by atoms with Gasteiger partial charge in [0, 0.05) is 0 Å². The highest BCUT2D eigenvalue weighted by molar-refractivity contribution is 4.79. The van der Waals surface area contributed by atoms with E-state index in [2.05, 4.69) is 27.7 Å². The predicted molar refractivity (Wildman–Crippen MR) is 57.0 cm³/mol. The fraction of sp³-hybridized carbons (Fsp3) is 0.900. The van der Waals surface area contributed by atoms with Crippen LogP contribution in [0.15, 0.2) is 0 Å². The number of nitrogens with one attached hydrogen (secondary N) is 1. The molecule has 5 nitrogen and oxygen atoms in total. The number of hydrogen-bond donors (Lipinski definition) is 1. The summed E-state index contributed by atoms with van der Waals surface area (Å²) in [6, 6.07) is 0. The first-order valence-corrected chi connectivity index (χ1v) is 5.69. The number of aryl methyl sites for hydroxylation is 1. The van der Waals surface area contributed by atoms with Gasteiger partial charge in [0.15, 0.2) is 5.82 Å². The lowest BCUT2D eigenvalue weighted by molar-refractivity contribution is 0.390. The Bertz CT molecular complexity index is 309. The lowest BCUT2D eigenvalue weighted by Gasteiger charge is -2.14. The average molecular weight is 209 g/mol. The van der Waals surface area contributed by atoms with Crippen LogP contribution >= 0.6 is 0 Å². The molecule has 1 aromatic heterocycles. The molecule has 1 aromatic rings. The number of rotatable bonds is 4. The van der Waals surface area contributed by atoms with Crippen LogP contribution in [0.2, 0.25) is 0 Å². The van der Waals surface area contributed by atoms with Gasteiger partial charge in [-0.3, -0.25) is 0 Å². The van der Waals surface area contributed by atoms with Crippen molar-refractivity contribution in [1.29, 1.82) is 0 Å². The molecular weight excluding hydrogens is 190 g/mol. The van der Waals surface area contributed by atoms with E-state index < -0.39 is 0 Å². The maximum Gasteiger partial charge on any atom is 0.188 e. The fourth-order valence-electron chi connectivity index (χ4n) is 2.29. The summed E-state index contributed by atoms with van der Waals surface area (Å²) in [6.07, 6.45) is 4.13. The molecule has 1 N–H and O–H groups in total. The molecule has 1 aliphatic rings. The van der Waals surface area contributed by atoms with Crippen LogP contribution in [0.25, 0.3) is 0 Å². The molecule has 2 rings (SSSR count). The van der Waals surface area contributed by atoms with Crippen LogP contribution in [-0.2, 0) is 13.6 Å². The van der Waals surface area contributed by atoms with Gasteiger partial charge in [0.05, 0.1) is 13.6 Å². The van der Waals surface area contributed by atoms with Gasteiger partial charge in [-0.2, -0.15) is 4.80 Å². The van der Waals surface area contributed by atoms with Gasteiger partial charge in [0.1, 0.15) is 0 Å². The van der Waals surface area contributed by atoms with Crippen LogP contribution in [0.1, 0.15) is 32.0 Å². The number of nitrogens with zero attached hydrogens (tertiary/aromatic N) is 4. The van der Waals surface area contributed by atoms with Crippen LogP contribution in [0, 0.1) is 11.8 Å². The molecule has 5 heteroatoms. The summed E-state index contributed by atoms with van der Waals surface area (Å²) in [4.78, 5) is 1.50. The van der Waals surface area contributed by atoms with E-state index in [0.717, 1.165) is 30.7 Å². The van der Waals surface area contributed by atoms with Gasteiger partial charge in [-0.05, 0) is 30.0 Å². The highest BCUT2D eigenvalue weighted by Crippen LogP contribution is 2.30. The van der Waals surface area contributed by atoms with E-state index in [9.17, 15) is 0 Å². The molecule has 2 atom stereocenters. The predicted octanol–water partition coefficient (Wildman–Crippen LogP) is 0.736. The summed E-state index contributed by atoms with van der Waals surface area (Å²) in [6.45, 7) is 4.16. The maximum atomic E-state index is 4.13. The van der Waals surface area contributed by atoms with Gasteiger partial charge in [0.25, 0.3) is 0 Å². The molecule has 0 saturated heterocycles. The molecular formula is C10H19N5. The van der Waals surface area contributed by atoms with Gasteiger partial charge < -0.3 is 5.32 Å². The molecule has 0 aliphatic heterocycles. The SMILES string of the molecule is CC1CCCC1CNCc1nnn(C)n1. The first-order valence-electron chi connectivity index (χ1n) is 5.69. The fourth-order valence-corrected chi connectivity index (χ4v) is 2.29. The van der Waals surface area contributed by atoms with Crippen molar-refractivity contribution < 1.29 is 0 Å². The van der Waals surface area contributed by atoms with Gasteiger partial charge in [-0.25, -0.2) is 0 Å². The van der Waals surface area contributed by atoms with Crippen molar-refractivity contribution in [2.75, 3.05) is 6.54 Å². The number of tetrazole rings is 1. The summed E-state index contributed by atoms with van der Waals surface area (Å²) in [7, 11) is 1.79. The molecule has 0 radical (unpaired) electrons. The number of hydrogen-bond acceptors (Lipinski definition) is 4. The Morgan fingerprint density at radius 3 is 2.93 bits per heavy atom. The Morgan fingerprint density at radius 2 is 2.33 bits per heavy atom. The Kier molecular flexibility index (Phi) is 3.30. The Hall–Kier alpha value is -0.970. The zero-order valence-electron chi connectivity index (χ0n) is 9.48. The van der Waals surface area contributed by atoms with Crippen molar-refractivity contribution in [3.8, 4) is 0 Å². The largest absolute Gasteiger partial charge is 0.309 e. The van der Waals surface area contributed by atoms with Gasteiger partial charge in [0.2, 0.25) is 0 Å². The average Bonchev–Trinajstić information content (AvgIpc) is 2.77. The van der Waals surface area contributed by atoms with E-state index in [1.807, 2.05) is 0 Å². The van der Waals surface area contributed by atoms with Crippen LogP contribution in [-0.4, -0.2) is 26.8 Å². The van der Waals surface area contributed by atoms with Crippen molar-refractivity contribution >= 4 is 0 Å². The third-order valence-electron chi connectivity index (χ3n) is 3.28. The summed E-state index contributed by atoms with van der Waals surface area (Å²) < 4.78 is 0. The second kappa shape index (κ2) is 4.70. The van der Waals surface area contributed by atoms with Crippen molar-refractivity contribution in [3.63, 3.8) is 0 Å². The smallest absolute Gasteiger partial charge is 0.188 e. The molecule has 0 amide bonds. The van der Waals surface area contributed by atoms with Crippen molar-refractivity contribution in [2.24, 2.45) is 18.9 Å². The standard InChI is InChI=1S/C10H19N5/c1-8-4-3-5-9(8)6-11-7-10-12-14-15(2)13-10/h8-9,11H,3-7H2,1-2H3. The summed E-state index contributed by atoms with van der Waals surface area (Å²) >= 11 is 0. The van der Waals surface area contributed by atoms with Crippen molar-refractivity contribution in [1.82, 2.24) is 25.5 Å². The summed E-state index contributed by atoms with van der Waals surface area (Å²) in [5.74, 6) is 2.48. The minimum absolute atomic E-state index is 0.733. The zero-order chi connectivity index (χ0) is 10.7. The quantitative estimate of drug-likeness (QED) is 0.794. The molecule has 84 valence electrons. The molecule has 1 heterocycles. The molecule has 1 fully saturated rings. The lowest BCUT2D eigenvalue weighted by atomic mass is 9.98. The van der Waals surface area contributed by atoms with Crippen molar-refractivity contribution in [3.05, 3.63) is 5.82 Å². The molecule has 0 bridgehead atoms. The van der Waals surface area contributed by atoms with E-state index in [1.54, 1.807) is 7.05 Å². The molecule has 2 unspecified atom stereocenters. The topological polar surface area (TPSA) is 55.6 Å². The third-order valence-corrected chi connectivity index (χ3v) is 3.28. The third kappa shape index (κ3) is 2.75. The van der Waals surface area contributed by atoms with E-state index in [0.29, 0.717) is 0 Å². The van der Waals surface area contributed by atoms with Crippen LogP contribution < -0.4 is 5.32 Å². The monoisotopic (exact) mass is 209 g/mol. The first-order chi connectivity index (χ1) is 7.25. The molecule has 0 spiro atoms. The van der Waals surface area contributed by atoms with Crippen molar-refractivity contribution in [2.45, 2.75) is 32.7 Å². The highest BCUT2D eigenvalue weighted by atomic mass is 15.6.